The zero-order chi connectivity index (χ0) is 21.2. The summed E-state index contributed by atoms with van der Waals surface area (Å²) in [5, 5.41) is 3.60. The van der Waals surface area contributed by atoms with E-state index in [1.807, 2.05) is 63.2 Å². The number of hydrogen-bond acceptors (Lipinski definition) is 3. The van der Waals surface area contributed by atoms with Crippen LogP contribution >= 0.6 is 23.4 Å². The van der Waals surface area contributed by atoms with Gasteiger partial charge in [-0.25, -0.2) is 0 Å². The molecule has 0 aromatic heterocycles. The molecule has 6 heteroatoms. The van der Waals surface area contributed by atoms with Gasteiger partial charge in [0.25, 0.3) is 0 Å². The van der Waals surface area contributed by atoms with Crippen molar-refractivity contribution >= 4 is 35.2 Å². The third-order valence-electron chi connectivity index (χ3n) is 4.41. The van der Waals surface area contributed by atoms with Crippen LogP contribution in [0.15, 0.2) is 59.5 Å². The van der Waals surface area contributed by atoms with Gasteiger partial charge < -0.3 is 10.2 Å². The number of rotatable bonds is 10. The van der Waals surface area contributed by atoms with E-state index >= 15 is 0 Å². The molecule has 0 saturated heterocycles. The fraction of sp³-hybridized carbons (Fsp3) is 0.391. The number of halogens is 1. The van der Waals surface area contributed by atoms with E-state index in [0.717, 1.165) is 10.5 Å². The lowest BCUT2D eigenvalue weighted by Gasteiger charge is -2.31. The molecule has 0 fully saturated rings. The van der Waals surface area contributed by atoms with E-state index in [-0.39, 0.29) is 17.9 Å². The Bertz CT molecular complexity index is 781. The number of carbonyl (C=O) groups excluding carboxylic acids is 2. The average molecular weight is 433 g/mol. The zero-order valence-corrected chi connectivity index (χ0v) is 18.8. The molecule has 0 saturated carbocycles. The second kappa shape index (κ2) is 11.9. The highest BCUT2D eigenvalue weighted by molar-refractivity contribution is 7.99. The Balaban J connectivity index is 2.11. The minimum atomic E-state index is -0.498. The quantitative estimate of drug-likeness (QED) is 0.528. The number of thioether (sulfide) groups is 1. The molecule has 0 unspecified atom stereocenters. The second-order valence-corrected chi connectivity index (χ2v) is 8.75. The number of nitrogens with one attached hydrogen (secondary N) is 1. The zero-order valence-electron chi connectivity index (χ0n) is 17.2. The Labute approximate surface area is 183 Å². The van der Waals surface area contributed by atoms with Crippen molar-refractivity contribution in [2.24, 2.45) is 0 Å². The molecule has 2 aromatic carbocycles. The fourth-order valence-electron chi connectivity index (χ4n) is 3.00. The van der Waals surface area contributed by atoms with E-state index in [1.54, 1.807) is 28.8 Å². The van der Waals surface area contributed by atoms with Gasteiger partial charge in [-0.15, -0.1) is 11.8 Å². The molecule has 0 spiro atoms. The normalized spacial score (nSPS) is 11.9. The SMILES string of the molecule is CC[C@@H](C(=O)NC(C)C)N(Cc1ccc(Cl)cc1)C(=O)CCSc1ccccc1. The Morgan fingerprint density at radius 2 is 1.72 bits per heavy atom. The Morgan fingerprint density at radius 1 is 1.07 bits per heavy atom. The standard InChI is InChI=1S/C23H29ClN2O2S/c1-4-21(23(28)25-17(2)3)26(16-18-10-12-19(24)13-11-18)22(27)14-15-29-20-8-6-5-7-9-20/h5-13,17,21H,4,14-16H2,1-3H3,(H,25,28)/t21-/m0/s1. The Kier molecular flexibility index (Phi) is 9.55. The van der Waals surface area contributed by atoms with E-state index in [2.05, 4.69) is 5.32 Å². The van der Waals surface area contributed by atoms with E-state index < -0.39 is 6.04 Å². The van der Waals surface area contributed by atoms with Crippen LogP contribution in [0, 0.1) is 0 Å². The molecule has 0 radical (unpaired) electrons. The summed E-state index contributed by atoms with van der Waals surface area (Å²) in [7, 11) is 0. The second-order valence-electron chi connectivity index (χ2n) is 7.15. The number of benzene rings is 2. The molecule has 0 heterocycles. The van der Waals surface area contributed by atoms with Crippen LogP contribution in [0.5, 0.6) is 0 Å². The van der Waals surface area contributed by atoms with Gasteiger partial charge in [-0.1, -0.05) is 48.9 Å². The first-order chi connectivity index (χ1) is 13.9. The smallest absolute Gasteiger partial charge is 0.243 e. The van der Waals surface area contributed by atoms with Crippen molar-refractivity contribution in [3.63, 3.8) is 0 Å². The predicted octanol–water partition coefficient (Wildman–Crippen LogP) is 5.15. The van der Waals surface area contributed by atoms with Crippen LogP contribution in [0.1, 0.15) is 39.2 Å². The monoisotopic (exact) mass is 432 g/mol. The van der Waals surface area contributed by atoms with Crippen LogP contribution in [0.3, 0.4) is 0 Å². The van der Waals surface area contributed by atoms with Crippen LogP contribution in [0.2, 0.25) is 5.02 Å². The molecule has 0 aliphatic heterocycles. The maximum absolute atomic E-state index is 13.1. The number of hydrogen-bond donors (Lipinski definition) is 1. The molecule has 0 bridgehead atoms. The Morgan fingerprint density at radius 3 is 2.31 bits per heavy atom. The average Bonchev–Trinajstić information content (AvgIpc) is 2.69. The van der Waals surface area contributed by atoms with Crippen LogP contribution < -0.4 is 5.32 Å². The molecule has 0 aliphatic carbocycles. The molecule has 0 aliphatic rings. The van der Waals surface area contributed by atoms with Crippen molar-refractivity contribution in [1.82, 2.24) is 10.2 Å². The molecule has 156 valence electrons. The van der Waals surface area contributed by atoms with Gasteiger partial charge in [-0.05, 0) is 50.1 Å². The van der Waals surface area contributed by atoms with E-state index in [1.165, 1.54) is 0 Å². The molecular weight excluding hydrogens is 404 g/mol. The van der Waals surface area contributed by atoms with Gasteiger partial charge in [-0.2, -0.15) is 0 Å². The third-order valence-corrected chi connectivity index (χ3v) is 5.68. The molecule has 4 nitrogen and oxygen atoms in total. The topological polar surface area (TPSA) is 49.4 Å². The Hall–Kier alpha value is -1.98. The van der Waals surface area contributed by atoms with E-state index in [0.29, 0.717) is 30.2 Å². The predicted molar refractivity (Wildman–Crippen MR) is 121 cm³/mol. The van der Waals surface area contributed by atoms with Gasteiger partial charge in [0.15, 0.2) is 0 Å². The fourth-order valence-corrected chi connectivity index (χ4v) is 3.99. The van der Waals surface area contributed by atoms with Gasteiger partial charge in [0.1, 0.15) is 6.04 Å². The van der Waals surface area contributed by atoms with Crippen molar-refractivity contribution in [3.8, 4) is 0 Å². The van der Waals surface area contributed by atoms with Crippen molar-refractivity contribution < 1.29 is 9.59 Å². The largest absolute Gasteiger partial charge is 0.352 e. The summed E-state index contributed by atoms with van der Waals surface area (Å²) in [6, 6.07) is 16.9. The third kappa shape index (κ3) is 7.75. The van der Waals surface area contributed by atoms with Gasteiger partial charge >= 0.3 is 0 Å². The highest BCUT2D eigenvalue weighted by Gasteiger charge is 2.28. The summed E-state index contributed by atoms with van der Waals surface area (Å²) in [6.45, 7) is 6.17. The molecule has 2 aromatic rings. The molecular formula is C23H29ClN2O2S. The molecule has 2 amide bonds. The van der Waals surface area contributed by atoms with Gasteiger partial charge in [-0.3, -0.25) is 9.59 Å². The van der Waals surface area contributed by atoms with Gasteiger partial charge in [0.05, 0.1) is 0 Å². The minimum Gasteiger partial charge on any atom is -0.352 e. The van der Waals surface area contributed by atoms with Crippen molar-refractivity contribution in [2.75, 3.05) is 5.75 Å². The lowest BCUT2D eigenvalue weighted by Crippen LogP contribution is -2.50. The van der Waals surface area contributed by atoms with E-state index in [4.69, 9.17) is 11.6 Å². The summed E-state index contributed by atoms with van der Waals surface area (Å²) in [6.07, 6.45) is 0.933. The van der Waals surface area contributed by atoms with Gasteiger partial charge in [0.2, 0.25) is 11.8 Å². The first-order valence-electron chi connectivity index (χ1n) is 9.92. The number of nitrogens with zero attached hydrogens (tertiary/aromatic N) is 1. The molecule has 1 N–H and O–H groups in total. The molecule has 2 rings (SSSR count). The maximum Gasteiger partial charge on any atom is 0.243 e. The first-order valence-corrected chi connectivity index (χ1v) is 11.3. The lowest BCUT2D eigenvalue weighted by molar-refractivity contribution is -0.141. The minimum absolute atomic E-state index is 0.0193. The summed E-state index contributed by atoms with van der Waals surface area (Å²) in [5.41, 5.74) is 0.953. The van der Waals surface area contributed by atoms with Crippen LogP contribution in [0.25, 0.3) is 0 Å². The highest BCUT2D eigenvalue weighted by Crippen LogP contribution is 2.20. The maximum atomic E-state index is 13.1. The summed E-state index contributed by atoms with van der Waals surface area (Å²) in [5.74, 6) is 0.539. The van der Waals surface area contributed by atoms with Crippen LogP contribution in [0.4, 0.5) is 0 Å². The summed E-state index contributed by atoms with van der Waals surface area (Å²) >= 11 is 7.63. The number of amides is 2. The van der Waals surface area contributed by atoms with Crippen molar-refractivity contribution in [3.05, 3.63) is 65.2 Å². The van der Waals surface area contributed by atoms with Crippen molar-refractivity contribution in [2.45, 2.75) is 57.1 Å². The molecule has 1 atom stereocenters. The highest BCUT2D eigenvalue weighted by atomic mass is 35.5. The van der Waals surface area contributed by atoms with E-state index in [9.17, 15) is 9.59 Å². The number of carbonyl (C=O) groups is 2. The van der Waals surface area contributed by atoms with Gasteiger partial charge in [0, 0.05) is 34.7 Å². The van der Waals surface area contributed by atoms with Crippen molar-refractivity contribution in [1.29, 1.82) is 0 Å². The van der Waals surface area contributed by atoms with Crippen LogP contribution in [-0.2, 0) is 16.1 Å². The molecule has 29 heavy (non-hydrogen) atoms. The van der Waals surface area contributed by atoms with Crippen LogP contribution in [-0.4, -0.2) is 34.6 Å². The summed E-state index contributed by atoms with van der Waals surface area (Å²) in [4.78, 5) is 28.7. The lowest BCUT2D eigenvalue weighted by atomic mass is 10.1. The first kappa shape index (κ1) is 23.3. The summed E-state index contributed by atoms with van der Waals surface area (Å²) < 4.78 is 0.